The van der Waals surface area contributed by atoms with Gasteiger partial charge in [-0.3, -0.25) is 0 Å². The lowest BCUT2D eigenvalue weighted by Gasteiger charge is -2.31. The number of sulfonamides is 1. The summed E-state index contributed by atoms with van der Waals surface area (Å²) in [6.07, 6.45) is 0. The molecule has 1 saturated heterocycles. The average Bonchev–Trinajstić information content (AvgIpc) is 3.18. The molecule has 1 aromatic carbocycles. The van der Waals surface area contributed by atoms with Crippen molar-refractivity contribution in [2.75, 3.05) is 39.4 Å². The van der Waals surface area contributed by atoms with Gasteiger partial charge in [0.1, 0.15) is 24.0 Å². The first kappa shape index (κ1) is 18.1. The van der Waals surface area contributed by atoms with Crippen LogP contribution in [0, 0.1) is 0 Å². The molecule has 1 fully saturated rings. The highest BCUT2D eigenvalue weighted by Gasteiger charge is 2.31. The normalized spacial score (nSPS) is 18.8. The van der Waals surface area contributed by atoms with Crippen LogP contribution in [0.5, 0.6) is 11.5 Å². The third-order valence-corrected chi connectivity index (χ3v) is 8.18. The van der Waals surface area contributed by atoms with Gasteiger partial charge >= 0.3 is 0 Å². The molecule has 0 atom stereocenters. The molecule has 1 N–H and O–H groups in total. The van der Waals surface area contributed by atoms with E-state index < -0.39 is 10.0 Å². The number of hydrogen-bond donors (Lipinski definition) is 1. The maximum atomic E-state index is 12.6. The predicted octanol–water partition coefficient (Wildman–Crippen LogP) is 1.26. The topological polar surface area (TPSA) is 60.3 Å². The van der Waals surface area contributed by atoms with Crippen LogP contribution in [0.3, 0.4) is 0 Å². The van der Waals surface area contributed by atoms with E-state index in [0.717, 1.165) is 25.2 Å². The minimum atomic E-state index is -3.35. The Morgan fingerprint density at radius 2 is 1.96 bits per heavy atom. The summed E-state index contributed by atoms with van der Waals surface area (Å²) in [4.78, 5) is 1.33. The van der Waals surface area contributed by atoms with E-state index in [2.05, 4.69) is 0 Å². The van der Waals surface area contributed by atoms with Crippen LogP contribution in [0.4, 0.5) is 0 Å². The summed E-state index contributed by atoms with van der Waals surface area (Å²) in [6, 6.07) is 7.32. The van der Waals surface area contributed by atoms with Crippen LogP contribution in [0.2, 0.25) is 5.02 Å². The molecule has 0 bridgehead atoms. The van der Waals surface area contributed by atoms with Gasteiger partial charge in [-0.2, -0.15) is 4.31 Å². The molecule has 1 aromatic heterocycles. The zero-order valence-electron chi connectivity index (χ0n) is 14.1. The fourth-order valence-corrected chi connectivity index (χ4v) is 6.19. The number of thiophene rings is 1. The van der Waals surface area contributed by atoms with Gasteiger partial charge in [0.25, 0.3) is 10.0 Å². The molecule has 2 aliphatic heterocycles. The molecular weight excluding hydrogens is 396 g/mol. The quantitative estimate of drug-likeness (QED) is 0.816. The van der Waals surface area contributed by atoms with Crippen molar-refractivity contribution < 1.29 is 22.8 Å². The molecule has 26 heavy (non-hydrogen) atoms. The molecule has 2 aliphatic rings. The molecule has 9 heteroatoms. The van der Waals surface area contributed by atoms with Crippen molar-refractivity contribution in [2.45, 2.75) is 10.8 Å². The second kappa shape index (κ2) is 7.36. The van der Waals surface area contributed by atoms with Crippen LogP contribution >= 0.6 is 22.9 Å². The number of piperazine rings is 1. The number of nitrogens with one attached hydrogen (secondary N) is 1. The van der Waals surface area contributed by atoms with E-state index in [1.165, 1.54) is 16.2 Å². The number of ether oxygens (including phenoxy) is 2. The Labute approximate surface area is 161 Å². The number of fused-ring (bicyclic) bond motifs is 1. The van der Waals surface area contributed by atoms with E-state index in [1.807, 2.05) is 12.1 Å². The van der Waals surface area contributed by atoms with Gasteiger partial charge in [-0.1, -0.05) is 17.7 Å². The van der Waals surface area contributed by atoms with Gasteiger partial charge in [0.15, 0.2) is 11.5 Å². The van der Waals surface area contributed by atoms with Crippen LogP contribution in [0.1, 0.15) is 5.56 Å². The molecule has 0 amide bonds. The van der Waals surface area contributed by atoms with E-state index in [9.17, 15) is 8.42 Å². The Hall–Kier alpha value is -1.32. The Bertz CT molecular complexity index is 878. The summed E-state index contributed by atoms with van der Waals surface area (Å²) >= 11 is 7.57. The zero-order valence-corrected chi connectivity index (χ0v) is 16.5. The average molecular weight is 416 g/mol. The highest BCUT2D eigenvalue weighted by molar-refractivity contribution is 7.91. The molecule has 0 spiro atoms. The van der Waals surface area contributed by atoms with Crippen molar-refractivity contribution >= 4 is 33.0 Å². The molecule has 140 valence electrons. The number of hydrogen-bond acceptors (Lipinski definition) is 5. The van der Waals surface area contributed by atoms with Crippen molar-refractivity contribution in [3.63, 3.8) is 0 Å². The first-order chi connectivity index (χ1) is 12.5. The molecule has 4 rings (SSSR count). The fourth-order valence-electron chi connectivity index (χ4n) is 3.31. The zero-order chi connectivity index (χ0) is 18.1. The van der Waals surface area contributed by atoms with E-state index in [-0.39, 0.29) is 0 Å². The summed E-state index contributed by atoms with van der Waals surface area (Å²) in [5, 5.41) is 2.36. The van der Waals surface area contributed by atoms with Crippen molar-refractivity contribution in [1.29, 1.82) is 0 Å². The third-order valence-electron chi connectivity index (χ3n) is 4.63. The Balaban J connectivity index is 1.41. The Morgan fingerprint density at radius 1 is 1.19 bits per heavy atom. The van der Waals surface area contributed by atoms with Crippen LogP contribution in [-0.4, -0.2) is 52.1 Å². The minimum Gasteiger partial charge on any atom is -0.486 e. The molecule has 0 unspecified atom stereocenters. The summed E-state index contributed by atoms with van der Waals surface area (Å²) < 4.78 is 38.4. The van der Waals surface area contributed by atoms with Gasteiger partial charge in [0.05, 0.1) is 31.2 Å². The van der Waals surface area contributed by atoms with Crippen molar-refractivity contribution in [3.8, 4) is 11.5 Å². The summed E-state index contributed by atoms with van der Waals surface area (Å²) in [7, 11) is -3.35. The molecule has 0 aliphatic carbocycles. The Morgan fingerprint density at radius 3 is 2.69 bits per heavy atom. The summed E-state index contributed by atoms with van der Waals surface area (Å²) in [5.41, 5.74) is 1.07. The van der Waals surface area contributed by atoms with Crippen LogP contribution in [0.25, 0.3) is 0 Å². The second-order valence-electron chi connectivity index (χ2n) is 6.36. The van der Waals surface area contributed by atoms with Crippen LogP contribution in [-0.2, 0) is 16.6 Å². The number of nitrogens with zero attached hydrogens (tertiary/aromatic N) is 1. The van der Waals surface area contributed by atoms with Gasteiger partial charge in [0, 0.05) is 5.56 Å². The predicted molar refractivity (Wildman–Crippen MR) is 99.9 cm³/mol. The van der Waals surface area contributed by atoms with E-state index >= 15 is 0 Å². The third kappa shape index (κ3) is 3.57. The maximum absolute atomic E-state index is 12.6. The highest BCUT2D eigenvalue weighted by Crippen LogP contribution is 2.38. The van der Waals surface area contributed by atoms with Gasteiger partial charge in [0.2, 0.25) is 0 Å². The Kier molecular flexibility index (Phi) is 5.11. The van der Waals surface area contributed by atoms with E-state index in [0.29, 0.717) is 47.0 Å². The van der Waals surface area contributed by atoms with Gasteiger partial charge in [-0.25, -0.2) is 8.42 Å². The first-order valence-corrected chi connectivity index (χ1v) is 11.2. The maximum Gasteiger partial charge on any atom is 0.252 e. The van der Waals surface area contributed by atoms with Gasteiger partial charge in [-0.05, 0) is 23.6 Å². The summed E-state index contributed by atoms with van der Waals surface area (Å²) in [5.74, 6) is 1.31. The monoisotopic (exact) mass is 415 g/mol. The number of rotatable bonds is 4. The largest absolute Gasteiger partial charge is 0.486 e. The molecule has 2 aromatic rings. The van der Waals surface area contributed by atoms with Crippen molar-refractivity contribution in [3.05, 3.63) is 40.2 Å². The minimum absolute atomic E-state index is 0.416. The molecular formula is C17H20ClN2O4S2+. The fraction of sp³-hybridized carbons (Fsp3) is 0.412. The standard InChI is InChI=1S/C17H19ClN2O4S2/c18-14-10-13(11-15-17(14)24-8-7-23-15)12-19-3-5-20(6-4-19)26(21,22)16-2-1-9-25-16/h1-2,9-11H,3-8,12H2/p+1. The first-order valence-electron chi connectivity index (χ1n) is 8.49. The lowest BCUT2D eigenvalue weighted by molar-refractivity contribution is -0.917. The van der Waals surface area contributed by atoms with E-state index in [4.69, 9.17) is 21.1 Å². The lowest BCUT2D eigenvalue weighted by Crippen LogP contribution is -3.13. The van der Waals surface area contributed by atoms with Gasteiger partial charge < -0.3 is 14.4 Å². The summed E-state index contributed by atoms with van der Waals surface area (Å²) in [6.45, 7) is 4.38. The lowest BCUT2D eigenvalue weighted by atomic mass is 10.1. The second-order valence-corrected chi connectivity index (χ2v) is 9.88. The molecule has 6 nitrogen and oxygen atoms in total. The van der Waals surface area contributed by atoms with Crippen LogP contribution < -0.4 is 14.4 Å². The van der Waals surface area contributed by atoms with Gasteiger partial charge in [-0.15, -0.1) is 11.3 Å². The van der Waals surface area contributed by atoms with Crippen molar-refractivity contribution in [2.24, 2.45) is 0 Å². The molecule has 3 heterocycles. The van der Waals surface area contributed by atoms with Crippen LogP contribution in [0.15, 0.2) is 33.9 Å². The number of quaternary nitrogens is 1. The smallest absolute Gasteiger partial charge is 0.252 e. The SMILES string of the molecule is O=S(=O)(c1cccs1)N1CC[NH+](Cc2cc(Cl)c3c(c2)OCCO3)CC1. The van der Waals surface area contributed by atoms with E-state index in [1.54, 1.807) is 21.8 Å². The molecule has 0 radical (unpaired) electrons. The highest BCUT2D eigenvalue weighted by atomic mass is 35.5. The number of halogens is 1. The number of benzene rings is 1. The van der Waals surface area contributed by atoms with Crippen molar-refractivity contribution in [1.82, 2.24) is 4.31 Å². The molecule has 0 saturated carbocycles.